The Balaban J connectivity index is 2.04. The highest BCUT2D eigenvalue weighted by Crippen LogP contribution is 2.29. The fourth-order valence-corrected chi connectivity index (χ4v) is 2.76. The van der Waals surface area contributed by atoms with Crippen LogP contribution < -0.4 is 4.74 Å². The van der Waals surface area contributed by atoms with Crippen molar-refractivity contribution in [1.29, 1.82) is 0 Å². The first-order chi connectivity index (χ1) is 11.1. The highest BCUT2D eigenvalue weighted by molar-refractivity contribution is 5.90. The van der Waals surface area contributed by atoms with E-state index in [4.69, 9.17) is 9.47 Å². The second-order valence-corrected chi connectivity index (χ2v) is 5.47. The van der Waals surface area contributed by atoms with E-state index in [9.17, 15) is 4.79 Å². The van der Waals surface area contributed by atoms with Gasteiger partial charge in [0.25, 0.3) is 0 Å². The summed E-state index contributed by atoms with van der Waals surface area (Å²) < 4.78 is 10.0. The predicted molar refractivity (Wildman–Crippen MR) is 90.7 cm³/mol. The lowest BCUT2D eigenvalue weighted by Crippen LogP contribution is -2.05. The van der Waals surface area contributed by atoms with Crippen molar-refractivity contribution in [2.75, 3.05) is 14.2 Å². The number of methoxy groups -OCH3 is 2. The zero-order valence-electron chi connectivity index (χ0n) is 13.5. The van der Waals surface area contributed by atoms with Crippen LogP contribution in [-0.2, 0) is 16.0 Å². The minimum Gasteiger partial charge on any atom is -0.497 e. The van der Waals surface area contributed by atoms with E-state index in [2.05, 4.69) is 23.2 Å². The average Bonchev–Trinajstić information content (AvgIpc) is 2.90. The largest absolute Gasteiger partial charge is 0.497 e. The molecule has 0 unspecified atom stereocenters. The molecule has 0 aliphatic heterocycles. The van der Waals surface area contributed by atoms with Crippen LogP contribution in [0.3, 0.4) is 0 Å². The molecule has 1 heterocycles. The molecule has 118 valence electrons. The summed E-state index contributed by atoms with van der Waals surface area (Å²) >= 11 is 0. The fraction of sp³-hybridized carbons (Fsp3) is 0.211. The third kappa shape index (κ3) is 2.93. The Morgan fingerprint density at radius 2 is 1.87 bits per heavy atom. The minimum atomic E-state index is -0.243. The Morgan fingerprint density at radius 1 is 1.09 bits per heavy atom. The van der Waals surface area contributed by atoms with E-state index in [1.807, 2.05) is 31.2 Å². The van der Waals surface area contributed by atoms with Gasteiger partial charge in [-0.2, -0.15) is 0 Å². The van der Waals surface area contributed by atoms with E-state index in [1.165, 1.54) is 7.11 Å². The van der Waals surface area contributed by atoms with Crippen molar-refractivity contribution in [3.8, 4) is 16.9 Å². The summed E-state index contributed by atoms with van der Waals surface area (Å²) in [5.74, 6) is 0.590. The Kier molecular flexibility index (Phi) is 4.06. The molecule has 3 rings (SSSR count). The van der Waals surface area contributed by atoms with Crippen LogP contribution in [0.5, 0.6) is 5.75 Å². The predicted octanol–water partition coefficient (Wildman–Crippen LogP) is 3.87. The van der Waals surface area contributed by atoms with E-state index in [0.29, 0.717) is 0 Å². The molecule has 0 spiro atoms. The van der Waals surface area contributed by atoms with Crippen LogP contribution in [0.15, 0.2) is 42.5 Å². The van der Waals surface area contributed by atoms with Gasteiger partial charge in [0.2, 0.25) is 0 Å². The molecule has 0 radical (unpaired) electrons. The van der Waals surface area contributed by atoms with Crippen molar-refractivity contribution in [2.24, 2.45) is 0 Å². The second kappa shape index (κ2) is 6.16. The van der Waals surface area contributed by atoms with Gasteiger partial charge in [-0.25, -0.2) is 0 Å². The first kappa shape index (κ1) is 15.2. The number of nitrogens with one attached hydrogen (secondary N) is 1. The van der Waals surface area contributed by atoms with Gasteiger partial charge in [0.1, 0.15) is 5.75 Å². The van der Waals surface area contributed by atoms with Crippen molar-refractivity contribution >= 4 is 16.9 Å². The van der Waals surface area contributed by atoms with Crippen LogP contribution >= 0.6 is 0 Å². The molecular weight excluding hydrogens is 290 g/mol. The van der Waals surface area contributed by atoms with Gasteiger partial charge in [0.15, 0.2) is 0 Å². The number of hydrogen-bond acceptors (Lipinski definition) is 3. The number of esters is 1. The molecule has 4 heteroatoms. The van der Waals surface area contributed by atoms with Gasteiger partial charge in [-0.3, -0.25) is 4.79 Å². The highest BCUT2D eigenvalue weighted by Gasteiger charge is 2.12. The number of benzene rings is 2. The number of aryl methyl sites for hydroxylation is 1. The summed E-state index contributed by atoms with van der Waals surface area (Å²) in [6.07, 6.45) is 0.255. The number of aromatic amines is 1. The summed E-state index contributed by atoms with van der Waals surface area (Å²) in [5.41, 5.74) is 5.21. The lowest BCUT2D eigenvalue weighted by molar-refractivity contribution is -0.139. The Labute approximate surface area is 135 Å². The van der Waals surface area contributed by atoms with E-state index in [1.54, 1.807) is 7.11 Å². The maximum atomic E-state index is 11.5. The maximum absolute atomic E-state index is 11.5. The molecule has 0 fully saturated rings. The Bertz CT molecular complexity index is 864. The molecule has 1 aromatic heterocycles. The van der Waals surface area contributed by atoms with Crippen LogP contribution in [0.4, 0.5) is 0 Å². The van der Waals surface area contributed by atoms with Crippen LogP contribution in [0.2, 0.25) is 0 Å². The van der Waals surface area contributed by atoms with Crippen LogP contribution in [0, 0.1) is 6.92 Å². The third-order valence-corrected chi connectivity index (χ3v) is 4.11. The van der Waals surface area contributed by atoms with Gasteiger partial charge >= 0.3 is 5.97 Å². The zero-order chi connectivity index (χ0) is 16.4. The van der Waals surface area contributed by atoms with Gasteiger partial charge in [0, 0.05) is 16.6 Å². The maximum Gasteiger partial charge on any atom is 0.311 e. The van der Waals surface area contributed by atoms with Crippen molar-refractivity contribution < 1.29 is 14.3 Å². The number of H-pyrrole nitrogens is 1. The number of carbonyl (C=O) groups is 1. The van der Waals surface area contributed by atoms with Crippen molar-refractivity contribution in [1.82, 2.24) is 4.98 Å². The lowest BCUT2D eigenvalue weighted by Gasteiger charge is -2.05. The molecule has 0 saturated heterocycles. The Hall–Kier alpha value is -2.75. The molecule has 0 atom stereocenters. The first-order valence-electron chi connectivity index (χ1n) is 7.45. The molecule has 0 amide bonds. The summed E-state index contributed by atoms with van der Waals surface area (Å²) in [7, 11) is 3.07. The van der Waals surface area contributed by atoms with Crippen LogP contribution in [0.25, 0.3) is 22.0 Å². The monoisotopic (exact) mass is 309 g/mol. The number of rotatable bonds is 4. The van der Waals surface area contributed by atoms with Crippen molar-refractivity contribution in [2.45, 2.75) is 13.3 Å². The smallest absolute Gasteiger partial charge is 0.311 e. The molecule has 3 aromatic rings. The highest BCUT2D eigenvalue weighted by atomic mass is 16.5. The number of ether oxygens (including phenoxy) is 2. The standard InChI is InChI=1S/C19H19NO3/c1-12-16-10-14(13-5-4-6-15(9-13)22-2)7-8-17(16)20-18(12)11-19(21)23-3/h4-10,20H,11H2,1-3H3. The summed E-state index contributed by atoms with van der Waals surface area (Å²) in [6.45, 7) is 2.02. The van der Waals surface area contributed by atoms with Crippen molar-refractivity contribution in [3.05, 3.63) is 53.7 Å². The molecule has 1 N–H and O–H groups in total. The van der Waals surface area contributed by atoms with E-state index >= 15 is 0 Å². The van der Waals surface area contributed by atoms with Crippen molar-refractivity contribution in [3.63, 3.8) is 0 Å². The fourth-order valence-electron chi connectivity index (χ4n) is 2.76. The molecular formula is C19H19NO3. The normalized spacial score (nSPS) is 10.7. The quantitative estimate of drug-likeness (QED) is 0.744. The average molecular weight is 309 g/mol. The molecule has 4 nitrogen and oxygen atoms in total. The van der Waals surface area contributed by atoms with Gasteiger partial charge < -0.3 is 14.5 Å². The van der Waals surface area contributed by atoms with Gasteiger partial charge in [0.05, 0.1) is 20.6 Å². The third-order valence-electron chi connectivity index (χ3n) is 4.11. The van der Waals surface area contributed by atoms with E-state index in [0.717, 1.165) is 39.0 Å². The summed E-state index contributed by atoms with van der Waals surface area (Å²) in [4.78, 5) is 14.8. The molecule has 0 aliphatic carbocycles. The van der Waals surface area contributed by atoms with Gasteiger partial charge in [-0.15, -0.1) is 0 Å². The summed E-state index contributed by atoms with van der Waals surface area (Å²) in [6, 6.07) is 14.2. The minimum absolute atomic E-state index is 0.243. The van der Waals surface area contributed by atoms with Gasteiger partial charge in [-0.05, 0) is 47.9 Å². The molecule has 0 saturated carbocycles. The first-order valence-corrected chi connectivity index (χ1v) is 7.45. The topological polar surface area (TPSA) is 51.3 Å². The zero-order valence-corrected chi connectivity index (χ0v) is 13.5. The van der Waals surface area contributed by atoms with Crippen LogP contribution in [-0.4, -0.2) is 25.2 Å². The summed E-state index contributed by atoms with van der Waals surface area (Å²) in [5, 5.41) is 1.12. The second-order valence-electron chi connectivity index (χ2n) is 5.47. The van der Waals surface area contributed by atoms with Crippen LogP contribution in [0.1, 0.15) is 11.3 Å². The number of hydrogen-bond donors (Lipinski definition) is 1. The number of carbonyl (C=O) groups excluding carboxylic acids is 1. The molecule has 0 aliphatic rings. The molecule has 23 heavy (non-hydrogen) atoms. The molecule has 2 aromatic carbocycles. The SMILES string of the molecule is COC(=O)Cc1[nH]c2ccc(-c3cccc(OC)c3)cc2c1C. The Morgan fingerprint density at radius 3 is 2.61 bits per heavy atom. The van der Waals surface area contributed by atoms with E-state index in [-0.39, 0.29) is 12.4 Å². The van der Waals surface area contributed by atoms with Gasteiger partial charge in [-0.1, -0.05) is 18.2 Å². The number of fused-ring (bicyclic) bond motifs is 1. The molecule has 0 bridgehead atoms. The van der Waals surface area contributed by atoms with E-state index < -0.39 is 0 Å². The lowest BCUT2D eigenvalue weighted by atomic mass is 10.0. The number of aromatic nitrogens is 1.